The van der Waals surface area contributed by atoms with Gasteiger partial charge in [0.1, 0.15) is 6.54 Å². The van der Waals surface area contributed by atoms with Crippen molar-refractivity contribution < 1.29 is 30.7 Å². The summed E-state index contributed by atoms with van der Waals surface area (Å²) in [5.74, 6) is 0. The quantitative estimate of drug-likeness (QED) is 0.475. The van der Waals surface area contributed by atoms with E-state index in [0.29, 0.717) is 0 Å². The van der Waals surface area contributed by atoms with Gasteiger partial charge in [-0.1, -0.05) is 20.3 Å². The lowest BCUT2D eigenvalue weighted by atomic mass is 10.1. The van der Waals surface area contributed by atoms with Gasteiger partial charge in [-0.15, -0.1) is 0 Å². The topological polar surface area (TPSA) is 61.1 Å². The van der Waals surface area contributed by atoms with Crippen LogP contribution in [0.2, 0.25) is 0 Å². The minimum Gasteiger partial charge on any atom is -0.741 e. The first-order chi connectivity index (χ1) is 9.61. The van der Waals surface area contributed by atoms with Crippen molar-refractivity contribution >= 4 is 10.1 Å². The molecule has 0 saturated carbocycles. The summed E-state index contributed by atoms with van der Waals surface area (Å²) >= 11 is 0. The normalized spacial score (nSPS) is 11.7. The molecule has 0 aliphatic rings. The molecule has 0 aliphatic heterocycles. The van der Waals surface area contributed by atoms with Crippen LogP contribution in [0.15, 0.2) is 24.5 Å². The lowest BCUT2D eigenvalue weighted by Crippen LogP contribution is -2.32. The fourth-order valence-corrected chi connectivity index (χ4v) is 1.44. The Morgan fingerprint density at radius 1 is 1.14 bits per heavy atom. The molecule has 122 valence electrons. The zero-order chi connectivity index (χ0) is 16.5. The lowest BCUT2D eigenvalue weighted by Gasteiger charge is -2.08. The monoisotopic (exact) mass is 327 g/mol. The van der Waals surface area contributed by atoms with E-state index >= 15 is 0 Å². The van der Waals surface area contributed by atoms with E-state index in [1.54, 1.807) is 0 Å². The van der Waals surface area contributed by atoms with Crippen LogP contribution < -0.4 is 4.57 Å². The van der Waals surface area contributed by atoms with Crippen molar-refractivity contribution in [1.82, 2.24) is 0 Å². The fraction of sp³-hybridized carbons (Fsp3) is 0.615. The van der Waals surface area contributed by atoms with Crippen molar-refractivity contribution in [2.24, 2.45) is 0 Å². The Morgan fingerprint density at radius 3 is 1.95 bits per heavy atom. The highest BCUT2D eigenvalue weighted by molar-refractivity contribution is 7.86. The van der Waals surface area contributed by atoms with Gasteiger partial charge in [0.05, 0.1) is 0 Å². The van der Waals surface area contributed by atoms with E-state index in [1.807, 2.05) is 0 Å². The zero-order valence-corrected chi connectivity index (χ0v) is 12.9. The molecular weight excluding hydrogens is 307 g/mol. The number of halogens is 3. The Morgan fingerprint density at radius 2 is 1.62 bits per heavy atom. The third-order valence-electron chi connectivity index (χ3n) is 2.54. The molecule has 0 atom stereocenters. The summed E-state index contributed by atoms with van der Waals surface area (Å²) in [7, 11) is -6.09. The maximum atomic E-state index is 10.7. The lowest BCUT2D eigenvalue weighted by molar-refractivity contribution is -0.697. The summed E-state index contributed by atoms with van der Waals surface area (Å²) in [5.41, 5.74) is -4.18. The van der Waals surface area contributed by atoms with Crippen LogP contribution in [-0.2, 0) is 23.1 Å². The summed E-state index contributed by atoms with van der Waals surface area (Å²) in [4.78, 5) is 0. The third-order valence-corrected chi connectivity index (χ3v) is 3.11. The smallest absolute Gasteiger partial charge is 0.485 e. The number of nitrogens with zero attached hydrogens (tertiary/aromatic N) is 1. The first-order valence-corrected chi connectivity index (χ1v) is 8.02. The van der Waals surface area contributed by atoms with Gasteiger partial charge in [-0.2, -0.15) is 13.2 Å². The van der Waals surface area contributed by atoms with Crippen molar-refractivity contribution in [3.05, 3.63) is 30.1 Å². The number of aryl methyl sites for hydroxylation is 2. The van der Waals surface area contributed by atoms with Crippen LogP contribution in [0.4, 0.5) is 13.2 Å². The average molecular weight is 327 g/mol. The Balaban J connectivity index is 0.000000433. The number of unbranched alkanes of at least 4 members (excludes halogenated alkanes) is 1. The first kappa shape index (κ1) is 19.9. The molecule has 1 aromatic heterocycles. The van der Waals surface area contributed by atoms with Crippen LogP contribution in [-0.4, -0.2) is 18.5 Å². The fourth-order valence-electron chi connectivity index (χ4n) is 1.44. The van der Waals surface area contributed by atoms with Crippen molar-refractivity contribution in [2.45, 2.75) is 51.6 Å². The van der Waals surface area contributed by atoms with Crippen LogP contribution in [0, 0.1) is 0 Å². The number of aromatic nitrogens is 1. The number of alkyl halides is 3. The first-order valence-electron chi connectivity index (χ1n) is 6.62. The van der Waals surface area contributed by atoms with E-state index in [0.717, 1.165) is 6.54 Å². The SMILES string of the molecule is CCCCc1cc[n+](CCC)cc1.O=S(=O)([O-])C(F)(F)F. The molecule has 0 amide bonds. The van der Waals surface area contributed by atoms with Gasteiger partial charge in [0.25, 0.3) is 0 Å². The maximum absolute atomic E-state index is 10.7. The minimum absolute atomic E-state index is 1.13. The van der Waals surface area contributed by atoms with Crippen LogP contribution in [0.3, 0.4) is 0 Å². The van der Waals surface area contributed by atoms with Gasteiger partial charge in [-0.25, -0.2) is 13.0 Å². The predicted molar refractivity (Wildman–Crippen MR) is 71.3 cm³/mol. The molecule has 0 spiro atoms. The van der Waals surface area contributed by atoms with Gasteiger partial charge in [-0.3, -0.25) is 0 Å². The highest BCUT2D eigenvalue weighted by Gasteiger charge is 2.36. The standard InChI is InChI=1S/C12H20N.CHF3O3S/c1-3-5-6-12-7-10-13(9-4-2)11-8-12;2-1(3,4)8(5,6)7/h7-8,10-11H,3-6,9H2,1-2H3;(H,5,6,7)/q+1;/p-1. The van der Waals surface area contributed by atoms with Gasteiger partial charge in [0.15, 0.2) is 22.5 Å². The Kier molecular flexibility index (Phi) is 8.50. The molecule has 0 aromatic carbocycles. The zero-order valence-electron chi connectivity index (χ0n) is 12.1. The Bertz CT molecular complexity index is 498. The molecule has 21 heavy (non-hydrogen) atoms. The van der Waals surface area contributed by atoms with Crippen molar-refractivity contribution in [3.63, 3.8) is 0 Å². The van der Waals surface area contributed by atoms with Gasteiger partial charge in [0.2, 0.25) is 0 Å². The van der Waals surface area contributed by atoms with E-state index in [4.69, 9.17) is 13.0 Å². The number of hydrogen-bond acceptors (Lipinski definition) is 3. The summed E-state index contributed by atoms with van der Waals surface area (Å²) < 4.78 is 61.1. The molecule has 4 nitrogen and oxygen atoms in total. The van der Waals surface area contributed by atoms with Gasteiger partial charge in [-0.05, 0) is 18.4 Å². The van der Waals surface area contributed by atoms with Gasteiger partial charge >= 0.3 is 5.51 Å². The van der Waals surface area contributed by atoms with E-state index in [9.17, 15) is 13.2 Å². The molecule has 1 aromatic rings. The number of pyridine rings is 1. The molecule has 0 fully saturated rings. The average Bonchev–Trinajstić information content (AvgIpc) is 2.37. The van der Waals surface area contributed by atoms with Crippen LogP contribution in [0.25, 0.3) is 0 Å². The summed E-state index contributed by atoms with van der Waals surface area (Å²) in [5, 5.41) is 0. The molecule has 0 bridgehead atoms. The third kappa shape index (κ3) is 8.67. The van der Waals surface area contributed by atoms with Crippen molar-refractivity contribution in [1.29, 1.82) is 0 Å². The molecule has 0 unspecified atom stereocenters. The summed E-state index contributed by atoms with van der Waals surface area (Å²) in [6, 6.07) is 4.48. The molecule has 0 aliphatic carbocycles. The summed E-state index contributed by atoms with van der Waals surface area (Å²) in [6.07, 6.45) is 9.40. The molecular formula is C13H20F3NO3S. The van der Waals surface area contributed by atoms with E-state index in [2.05, 4.69) is 42.9 Å². The van der Waals surface area contributed by atoms with Crippen LogP contribution in [0.5, 0.6) is 0 Å². The second kappa shape index (κ2) is 8.99. The number of hydrogen-bond donors (Lipinski definition) is 0. The second-order valence-corrected chi connectivity index (χ2v) is 5.82. The largest absolute Gasteiger partial charge is 0.741 e. The van der Waals surface area contributed by atoms with Gasteiger partial charge < -0.3 is 4.55 Å². The van der Waals surface area contributed by atoms with E-state index in [-0.39, 0.29) is 0 Å². The van der Waals surface area contributed by atoms with E-state index < -0.39 is 15.6 Å². The molecule has 0 saturated heterocycles. The van der Waals surface area contributed by atoms with Crippen LogP contribution in [0.1, 0.15) is 38.7 Å². The van der Waals surface area contributed by atoms with Crippen molar-refractivity contribution in [3.8, 4) is 0 Å². The molecule has 1 rings (SSSR count). The van der Waals surface area contributed by atoms with Gasteiger partial charge in [0, 0.05) is 18.6 Å². The molecule has 1 heterocycles. The molecule has 8 heteroatoms. The molecule has 0 N–H and O–H groups in total. The van der Waals surface area contributed by atoms with E-state index in [1.165, 1.54) is 31.2 Å². The predicted octanol–water partition coefficient (Wildman–Crippen LogP) is 2.78. The Hall–Kier alpha value is -1.15. The molecule has 0 radical (unpaired) electrons. The van der Waals surface area contributed by atoms with Crippen LogP contribution >= 0.6 is 0 Å². The minimum atomic E-state index is -6.09. The second-order valence-electron chi connectivity index (χ2n) is 4.45. The van der Waals surface area contributed by atoms with Crippen molar-refractivity contribution in [2.75, 3.05) is 0 Å². The maximum Gasteiger partial charge on any atom is 0.485 e. The highest BCUT2D eigenvalue weighted by atomic mass is 32.2. The highest BCUT2D eigenvalue weighted by Crippen LogP contribution is 2.20. The summed E-state index contributed by atoms with van der Waals surface area (Å²) in [6.45, 7) is 5.58. The number of rotatable bonds is 5. The Labute approximate surface area is 123 Å².